The molecule has 40 heavy (non-hydrogen) atoms. The third-order valence-electron chi connectivity index (χ3n) is 7.19. The summed E-state index contributed by atoms with van der Waals surface area (Å²) in [6.07, 6.45) is 8.42. The van der Waals surface area contributed by atoms with Gasteiger partial charge in [0.05, 0.1) is 10.6 Å². The van der Waals surface area contributed by atoms with Crippen LogP contribution < -0.4 is 4.74 Å². The number of hydrogen-bond acceptors (Lipinski definition) is 6. The highest BCUT2D eigenvalue weighted by molar-refractivity contribution is 8.18. The molecule has 1 aliphatic heterocycles. The molecule has 8 heteroatoms. The van der Waals surface area contributed by atoms with Crippen LogP contribution in [0.4, 0.5) is 5.69 Å². The standard InChI is InChI=1S/C32H30N2O5S/c1-34-30(36)28(40-32(34)33-26-15-13-25(14-16-26)29(35)31(37)38)19-21-9-17-27(18-10-21)39-20-22-7-11-24(12-8-22)23-5-3-2-4-6-23/h7-19,23H,2-6,20H2,1H3,(H,37,38)/b28-19+,33-32?. The van der Waals surface area contributed by atoms with Crippen LogP contribution in [-0.4, -0.2) is 39.9 Å². The van der Waals surface area contributed by atoms with Crippen LogP contribution >= 0.6 is 11.8 Å². The lowest BCUT2D eigenvalue weighted by molar-refractivity contribution is -0.131. The van der Waals surface area contributed by atoms with Gasteiger partial charge in [-0.3, -0.25) is 14.5 Å². The molecule has 0 aromatic heterocycles. The molecule has 1 aliphatic carbocycles. The Balaban J connectivity index is 1.19. The highest BCUT2D eigenvalue weighted by atomic mass is 32.2. The molecule has 3 aromatic carbocycles. The number of carboxylic acid groups (broad SMARTS) is 1. The number of hydrogen-bond donors (Lipinski definition) is 1. The van der Waals surface area contributed by atoms with Crippen molar-refractivity contribution in [2.24, 2.45) is 4.99 Å². The van der Waals surface area contributed by atoms with Crippen LogP contribution in [-0.2, 0) is 16.2 Å². The number of aliphatic imine (C=N–C) groups is 1. The van der Waals surface area contributed by atoms with E-state index in [4.69, 9.17) is 9.84 Å². The smallest absolute Gasteiger partial charge is 0.377 e. The van der Waals surface area contributed by atoms with Gasteiger partial charge in [-0.15, -0.1) is 0 Å². The summed E-state index contributed by atoms with van der Waals surface area (Å²) in [5.41, 5.74) is 4.02. The predicted octanol–water partition coefficient (Wildman–Crippen LogP) is 6.81. The third kappa shape index (κ3) is 6.51. The van der Waals surface area contributed by atoms with Gasteiger partial charge in [0, 0.05) is 12.6 Å². The molecule has 2 aliphatic rings. The lowest BCUT2D eigenvalue weighted by atomic mass is 9.84. The first kappa shape index (κ1) is 27.4. The molecule has 1 amide bonds. The Bertz CT molecular complexity index is 1450. The van der Waals surface area contributed by atoms with Crippen molar-refractivity contribution in [3.63, 3.8) is 0 Å². The van der Waals surface area contributed by atoms with Crippen molar-refractivity contribution in [1.29, 1.82) is 0 Å². The number of carbonyl (C=O) groups excluding carboxylic acids is 2. The minimum absolute atomic E-state index is 0.0699. The number of aliphatic carboxylic acids is 1. The van der Waals surface area contributed by atoms with Crippen molar-refractivity contribution in [2.75, 3.05) is 7.05 Å². The quantitative estimate of drug-likeness (QED) is 0.187. The molecule has 3 aromatic rings. The number of ketones is 1. The third-order valence-corrected chi connectivity index (χ3v) is 8.25. The average Bonchev–Trinajstić information content (AvgIpc) is 3.25. The lowest BCUT2D eigenvalue weighted by Gasteiger charge is -2.22. The zero-order valence-electron chi connectivity index (χ0n) is 22.2. The summed E-state index contributed by atoms with van der Waals surface area (Å²) >= 11 is 1.25. The van der Waals surface area contributed by atoms with Gasteiger partial charge in [0.15, 0.2) is 5.17 Å². The fourth-order valence-electron chi connectivity index (χ4n) is 4.87. The summed E-state index contributed by atoms with van der Waals surface area (Å²) in [6.45, 7) is 0.496. The number of nitrogens with zero attached hydrogens (tertiary/aromatic N) is 2. The monoisotopic (exact) mass is 554 g/mol. The molecule has 204 valence electrons. The zero-order valence-corrected chi connectivity index (χ0v) is 23.0. The molecule has 7 nitrogen and oxygen atoms in total. The number of benzene rings is 3. The average molecular weight is 555 g/mol. The Labute approximate surface area is 237 Å². The van der Waals surface area contributed by atoms with Crippen LogP contribution in [0.5, 0.6) is 5.75 Å². The molecule has 0 unspecified atom stereocenters. The summed E-state index contributed by atoms with van der Waals surface area (Å²) in [7, 11) is 1.65. The van der Waals surface area contributed by atoms with E-state index in [1.807, 2.05) is 30.3 Å². The second-order valence-electron chi connectivity index (χ2n) is 9.98. The molecule has 0 bridgehead atoms. The van der Waals surface area contributed by atoms with Gasteiger partial charge in [0.2, 0.25) is 0 Å². The van der Waals surface area contributed by atoms with E-state index in [0.29, 0.717) is 28.3 Å². The van der Waals surface area contributed by atoms with E-state index in [0.717, 1.165) is 16.9 Å². The van der Waals surface area contributed by atoms with Gasteiger partial charge in [-0.25, -0.2) is 9.79 Å². The number of ether oxygens (including phenoxy) is 1. The van der Waals surface area contributed by atoms with Crippen LogP contribution in [0.25, 0.3) is 6.08 Å². The minimum atomic E-state index is -1.51. The summed E-state index contributed by atoms with van der Waals surface area (Å²) < 4.78 is 5.99. The number of amidine groups is 1. The van der Waals surface area contributed by atoms with Crippen LogP contribution in [0, 0.1) is 0 Å². The summed E-state index contributed by atoms with van der Waals surface area (Å²) in [6, 6.07) is 22.3. The number of Topliss-reactive ketones (excluding diaryl/α,β-unsaturated/α-hetero) is 1. The van der Waals surface area contributed by atoms with Crippen LogP contribution in [0.15, 0.2) is 82.7 Å². The Morgan fingerprint density at radius 2 is 1.65 bits per heavy atom. The number of carboxylic acids is 1. The molecule has 5 rings (SSSR count). The van der Waals surface area contributed by atoms with Gasteiger partial charge in [-0.2, -0.15) is 0 Å². The van der Waals surface area contributed by atoms with Gasteiger partial charge in [-0.05, 0) is 89.7 Å². The molecule has 1 saturated carbocycles. The molecule has 1 heterocycles. The molecule has 1 saturated heterocycles. The molecular formula is C32H30N2O5S. The van der Waals surface area contributed by atoms with Crippen LogP contribution in [0.3, 0.4) is 0 Å². The van der Waals surface area contributed by atoms with Crippen molar-refractivity contribution >= 4 is 46.4 Å². The number of likely N-dealkylation sites (N-methyl/N-ethyl adjacent to an activating group) is 1. The normalized spacial score (nSPS) is 17.9. The summed E-state index contributed by atoms with van der Waals surface area (Å²) in [5, 5.41) is 9.34. The Morgan fingerprint density at radius 1 is 0.975 bits per heavy atom. The van der Waals surface area contributed by atoms with Gasteiger partial charge < -0.3 is 9.84 Å². The van der Waals surface area contributed by atoms with E-state index >= 15 is 0 Å². The summed E-state index contributed by atoms with van der Waals surface area (Å²) in [5.74, 6) is -1.20. The molecule has 0 spiro atoms. The minimum Gasteiger partial charge on any atom is -0.489 e. The van der Waals surface area contributed by atoms with E-state index in [1.54, 1.807) is 19.2 Å². The molecule has 1 N–H and O–H groups in total. The number of thioether (sulfide) groups is 1. The largest absolute Gasteiger partial charge is 0.489 e. The second-order valence-corrected chi connectivity index (χ2v) is 11.0. The SMILES string of the molecule is CN1C(=O)/C(=C\c2ccc(OCc3ccc(C4CCCCC4)cc3)cc2)SC1=Nc1ccc(C(=O)C(=O)O)cc1. The zero-order chi connectivity index (χ0) is 28.1. The van der Waals surface area contributed by atoms with E-state index in [-0.39, 0.29) is 11.5 Å². The topological polar surface area (TPSA) is 96.3 Å². The van der Waals surface area contributed by atoms with Crippen molar-refractivity contribution in [3.8, 4) is 5.75 Å². The maximum atomic E-state index is 12.8. The predicted molar refractivity (Wildman–Crippen MR) is 157 cm³/mol. The van der Waals surface area contributed by atoms with Crippen molar-refractivity contribution in [2.45, 2.75) is 44.6 Å². The van der Waals surface area contributed by atoms with Gasteiger partial charge >= 0.3 is 5.97 Å². The Kier molecular flexibility index (Phi) is 8.45. The first-order valence-corrected chi connectivity index (χ1v) is 14.1. The second kappa shape index (κ2) is 12.3. The number of carbonyl (C=O) groups is 3. The highest BCUT2D eigenvalue weighted by Crippen LogP contribution is 2.34. The van der Waals surface area contributed by atoms with E-state index in [9.17, 15) is 14.4 Å². The molecular weight excluding hydrogens is 524 g/mol. The Hall–Kier alpha value is -4.17. The van der Waals surface area contributed by atoms with Crippen molar-refractivity contribution < 1.29 is 24.2 Å². The summed E-state index contributed by atoms with van der Waals surface area (Å²) in [4.78, 5) is 41.7. The van der Waals surface area contributed by atoms with E-state index < -0.39 is 11.8 Å². The first-order chi connectivity index (χ1) is 19.4. The van der Waals surface area contributed by atoms with Gasteiger partial charge in [0.25, 0.3) is 11.7 Å². The van der Waals surface area contributed by atoms with Gasteiger partial charge in [-0.1, -0.05) is 55.7 Å². The molecule has 0 radical (unpaired) electrons. The molecule has 0 atom stereocenters. The number of amides is 1. The highest BCUT2D eigenvalue weighted by Gasteiger charge is 2.30. The maximum absolute atomic E-state index is 12.8. The van der Waals surface area contributed by atoms with Gasteiger partial charge in [0.1, 0.15) is 12.4 Å². The molecule has 2 fully saturated rings. The first-order valence-electron chi connectivity index (χ1n) is 13.3. The van der Waals surface area contributed by atoms with E-state index in [1.165, 1.54) is 66.5 Å². The lowest BCUT2D eigenvalue weighted by Crippen LogP contribution is -2.23. The van der Waals surface area contributed by atoms with Crippen LogP contribution in [0.2, 0.25) is 0 Å². The fourth-order valence-corrected chi connectivity index (χ4v) is 5.86. The fraction of sp³-hybridized carbons (Fsp3) is 0.250. The van der Waals surface area contributed by atoms with Crippen LogP contribution in [0.1, 0.15) is 65.1 Å². The Morgan fingerprint density at radius 3 is 2.30 bits per heavy atom. The van der Waals surface area contributed by atoms with Crippen molar-refractivity contribution in [1.82, 2.24) is 4.90 Å². The van der Waals surface area contributed by atoms with E-state index in [2.05, 4.69) is 29.3 Å². The number of rotatable bonds is 8. The van der Waals surface area contributed by atoms with Crippen molar-refractivity contribution in [3.05, 3.63) is 100.0 Å². The maximum Gasteiger partial charge on any atom is 0.377 e.